The molecule has 0 unspecified atom stereocenters. The van der Waals surface area contributed by atoms with Crippen LogP contribution >= 0.6 is 15.9 Å². The summed E-state index contributed by atoms with van der Waals surface area (Å²) in [6.45, 7) is 0.238. The molecule has 0 fully saturated rings. The lowest BCUT2D eigenvalue weighted by atomic mass is 10.1. The van der Waals surface area contributed by atoms with Crippen LogP contribution in [0.4, 0.5) is 4.39 Å². The third-order valence-electron chi connectivity index (χ3n) is 2.51. The molecule has 5 heteroatoms. The fraction of sp³-hybridized carbons (Fsp3) is 0.0714. The van der Waals surface area contributed by atoms with E-state index in [9.17, 15) is 9.18 Å². The van der Waals surface area contributed by atoms with E-state index in [-0.39, 0.29) is 12.4 Å². The standard InChI is InChI=1S/C14H11BrFNO2/c15-12-5-4-11(7-13(12)16)19-8-9-2-1-3-10(6-9)14(17)18/h1-7H,8H2,(H2,17,18). The van der Waals surface area contributed by atoms with Crippen LogP contribution in [0.1, 0.15) is 15.9 Å². The summed E-state index contributed by atoms with van der Waals surface area (Å²) in [5, 5.41) is 0. The van der Waals surface area contributed by atoms with Gasteiger partial charge >= 0.3 is 0 Å². The van der Waals surface area contributed by atoms with Gasteiger partial charge in [0.15, 0.2) is 0 Å². The Morgan fingerprint density at radius 3 is 2.74 bits per heavy atom. The second kappa shape index (κ2) is 5.84. The number of amides is 1. The smallest absolute Gasteiger partial charge is 0.248 e. The minimum absolute atomic E-state index is 0.238. The van der Waals surface area contributed by atoms with Gasteiger partial charge in [-0.3, -0.25) is 4.79 Å². The monoisotopic (exact) mass is 323 g/mol. The second-order valence-electron chi connectivity index (χ2n) is 3.93. The van der Waals surface area contributed by atoms with E-state index in [1.807, 2.05) is 6.07 Å². The SMILES string of the molecule is NC(=O)c1cccc(COc2ccc(Br)c(F)c2)c1. The summed E-state index contributed by atoms with van der Waals surface area (Å²) in [4.78, 5) is 11.0. The molecule has 0 saturated carbocycles. The quantitative estimate of drug-likeness (QED) is 0.938. The van der Waals surface area contributed by atoms with Crippen molar-refractivity contribution in [3.63, 3.8) is 0 Å². The average Bonchev–Trinajstić information content (AvgIpc) is 2.40. The van der Waals surface area contributed by atoms with Crippen molar-refractivity contribution in [1.29, 1.82) is 0 Å². The molecule has 0 aromatic heterocycles. The van der Waals surface area contributed by atoms with E-state index in [0.717, 1.165) is 5.56 Å². The number of halogens is 2. The Hall–Kier alpha value is -1.88. The number of primary amides is 1. The molecule has 0 heterocycles. The molecule has 0 bridgehead atoms. The predicted octanol–water partition coefficient (Wildman–Crippen LogP) is 3.27. The molecule has 3 nitrogen and oxygen atoms in total. The van der Waals surface area contributed by atoms with Gasteiger partial charge in [0.2, 0.25) is 5.91 Å². The van der Waals surface area contributed by atoms with E-state index in [0.29, 0.717) is 15.8 Å². The van der Waals surface area contributed by atoms with E-state index in [1.165, 1.54) is 6.07 Å². The summed E-state index contributed by atoms with van der Waals surface area (Å²) in [5.41, 5.74) is 6.40. The number of hydrogen-bond acceptors (Lipinski definition) is 2. The van der Waals surface area contributed by atoms with Gasteiger partial charge in [-0.15, -0.1) is 0 Å². The lowest BCUT2D eigenvalue weighted by molar-refractivity contribution is 0.1000. The van der Waals surface area contributed by atoms with Gasteiger partial charge in [0.25, 0.3) is 0 Å². The Balaban J connectivity index is 2.07. The largest absolute Gasteiger partial charge is 0.489 e. The molecule has 0 aliphatic rings. The first-order valence-corrected chi connectivity index (χ1v) is 6.32. The molecule has 2 rings (SSSR count). The molecule has 19 heavy (non-hydrogen) atoms. The molecular weight excluding hydrogens is 313 g/mol. The van der Waals surface area contributed by atoms with Crippen LogP contribution in [0.3, 0.4) is 0 Å². The first-order valence-electron chi connectivity index (χ1n) is 5.53. The summed E-state index contributed by atoms with van der Waals surface area (Å²) < 4.78 is 19.1. The van der Waals surface area contributed by atoms with Crippen molar-refractivity contribution < 1.29 is 13.9 Å². The van der Waals surface area contributed by atoms with E-state index in [1.54, 1.807) is 30.3 Å². The Labute approximate surface area is 118 Å². The molecule has 0 atom stereocenters. The van der Waals surface area contributed by atoms with Crippen LogP contribution in [0, 0.1) is 5.82 Å². The van der Waals surface area contributed by atoms with Crippen molar-refractivity contribution >= 4 is 21.8 Å². The molecule has 0 radical (unpaired) electrons. The van der Waals surface area contributed by atoms with Crippen LogP contribution < -0.4 is 10.5 Å². The van der Waals surface area contributed by atoms with Gasteiger partial charge in [-0.2, -0.15) is 0 Å². The number of nitrogens with two attached hydrogens (primary N) is 1. The number of hydrogen-bond donors (Lipinski definition) is 1. The lowest BCUT2D eigenvalue weighted by Gasteiger charge is -2.07. The minimum Gasteiger partial charge on any atom is -0.489 e. The van der Waals surface area contributed by atoms with Gasteiger partial charge < -0.3 is 10.5 Å². The molecule has 0 aliphatic heterocycles. The molecule has 2 aromatic rings. The fourth-order valence-electron chi connectivity index (χ4n) is 1.55. The molecule has 2 aromatic carbocycles. The predicted molar refractivity (Wildman–Crippen MR) is 73.4 cm³/mol. The summed E-state index contributed by atoms with van der Waals surface area (Å²) in [7, 11) is 0. The van der Waals surface area contributed by atoms with Gasteiger partial charge in [-0.25, -0.2) is 4.39 Å². The van der Waals surface area contributed by atoms with Crippen molar-refractivity contribution in [3.8, 4) is 5.75 Å². The molecule has 1 amide bonds. The first kappa shape index (κ1) is 13.5. The van der Waals surface area contributed by atoms with Crippen molar-refractivity contribution in [3.05, 3.63) is 63.9 Å². The number of benzene rings is 2. The summed E-state index contributed by atoms with van der Waals surface area (Å²) in [6.07, 6.45) is 0. The number of carbonyl (C=O) groups is 1. The molecule has 2 N–H and O–H groups in total. The number of carbonyl (C=O) groups excluding carboxylic acids is 1. The van der Waals surface area contributed by atoms with Gasteiger partial charge in [0.1, 0.15) is 18.2 Å². The highest BCUT2D eigenvalue weighted by molar-refractivity contribution is 9.10. The van der Waals surface area contributed by atoms with E-state index >= 15 is 0 Å². The Morgan fingerprint density at radius 2 is 2.05 bits per heavy atom. The van der Waals surface area contributed by atoms with Crippen LogP contribution in [-0.2, 0) is 6.61 Å². The van der Waals surface area contributed by atoms with E-state index < -0.39 is 5.91 Å². The van der Waals surface area contributed by atoms with E-state index in [4.69, 9.17) is 10.5 Å². The zero-order chi connectivity index (χ0) is 13.8. The average molecular weight is 324 g/mol. The zero-order valence-corrected chi connectivity index (χ0v) is 11.5. The Morgan fingerprint density at radius 1 is 1.26 bits per heavy atom. The maximum absolute atomic E-state index is 13.3. The topological polar surface area (TPSA) is 52.3 Å². The van der Waals surface area contributed by atoms with Crippen molar-refractivity contribution in [2.75, 3.05) is 0 Å². The Bertz CT molecular complexity index is 616. The van der Waals surface area contributed by atoms with Crippen molar-refractivity contribution in [2.24, 2.45) is 5.73 Å². The van der Waals surface area contributed by atoms with Gasteiger partial charge in [-0.05, 0) is 45.8 Å². The second-order valence-corrected chi connectivity index (χ2v) is 4.78. The minimum atomic E-state index is -0.489. The highest BCUT2D eigenvalue weighted by atomic mass is 79.9. The number of rotatable bonds is 4. The molecular formula is C14H11BrFNO2. The molecule has 0 spiro atoms. The van der Waals surface area contributed by atoms with Crippen LogP contribution in [0.2, 0.25) is 0 Å². The maximum atomic E-state index is 13.3. The summed E-state index contributed by atoms with van der Waals surface area (Å²) in [6, 6.07) is 11.3. The van der Waals surface area contributed by atoms with Gasteiger partial charge in [-0.1, -0.05) is 12.1 Å². The van der Waals surface area contributed by atoms with Gasteiger partial charge in [0, 0.05) is 11.6 Å². The number of ether oxygens (including phenoxy) is 1. The van der Waals surface area contributed by atoms with Crippen LogP contribution in [0.25, 0.3) is 0 Å². The zero-order valence-electron chi connectivity index (χ0n) is 9.90. The third kappa shape index (κ3) is 3.54. The van der Waals surface area contributed by atoms with Crippen LogP contribution in [-0.4, -0.2) is 5.91 Å². The van der Waals surface area contributed by atoms with Gasteiger partial charge in [0.05, 0.1) is 4.47 Å². The van der Waals surface area contributed by atoms with Crippen LogP contribution in [0.15, 0.2) is 46.9 Å². The maximum Gasteiger partial charge on any atom is 0.248 e. The highest BCUT2D eigenvalue weighted by Crippen LogP contribution is 2.21. The Kier molecular flexibility index (Phi) is 4.16. The van der Waals surface area contributed by atoms with Crippen LogP contribution in [0.5, 0.6) is 5.75 Å². The molecule has 0 aliphatic carbocycles. The fourth-order valence-corrected chi connectivity index (χ4v) is 1.79. The van der Waals surface area contributed by atoms with Crippen molar-refractivity contribution in [1.82, 2.24) is 0 Å². The lowest BCUT2D eigenvalue weighted by Crippen LogP contribution is -2.11. The normalized spacial score (nSPS) is 10.2. The molecule has 98 valence electrons. The highest BCUT2D eigenvalue weighted by Gasteiger charge is 2.04. The molecule has 0 saturated heterocycles. The first-order chi connectivity index (χ1) is 9.06. The van der Waals surface area contributed by atoms with E-state index in [2.05, 4.69) is 15.9 Å². The van der Waals surface area contributed by atoms with Crippen molar-refractivity contribution in [2.45, 2.75) is 6.61 Å². The third-order valence-corrected chi connectivity index (χ3v) is 3.15. The summed E-state index contributed by atoms with van der Waals surface area (Å²) >= 11 is 3.07. The summed E-state index contributed by atoms with van der Waals surface area (Å²) in [5.74, 6) is -0.454.